The Hall–Kier alpha value is -1.20. The first-order valence-electron chi connectivity index (χ1n) is 6.75. The minimum absolute atomic E-state index is 0.0227. The number of fused-ring (bicyclic) bond motifs is 3. The van der Waals surface area contributed by atoms with Crippen LogP contribution >= 0.6 is 0 Å². The van der Waals surface area contributed by atoms with Crippen molar-refractivity contribution in [1.82, 2.24) is 19.8 Å². The summed E-state index contributed by atoms with van der Waals surface area (Å²) in [6, 6.07) is 0.270. The van der Waals surface area contributed by atoms with Crippen molar-refractivity contribution in [2.45, 2.75) is 26.3 Å². The molecule has 2 bridgehead atoms. The molecule has 0 spiro atoms. The number of rotatable bonds is 2. The zero-order valence-electron chi connectivity index (χ0n) is 11.1. The van der Waals surface area contributed by atoms with E-state index in [1.165, 1.54) is 0 Å². The maximum Gasteiger partial charge on any atom is 0.254 e. The summed E-state index contributed by atoms with van der Waals surface area (Å²) in [6.45, 7) is 9.36. The van der Waals surface area contributed by atoms with Crippen molar-refractivity contribution in [2.75, 3.05) is 32.7 Å². The minimum Gasteiger partial charge on any atom is -0.309 e. The van der Waals surface area contributed by atoms with E-state index in [0.717, 1.165) is 56.2 Å². The van der Waals surface area contributed by atoms with Crippen LogP contribution in [-0.4, -0.2) is 52.5 Å². The summed E-state index contributed by atoms with van der Waals surface area (Å²) in [5.41, 5.74) is 1.72. The smallest absolute Gasteiger partial charge is 0.254 e. The molecule has 1 aromatic heterocycles. The average Bonchev–Trinajstić information content (AvgIpc) is 2.43. The highest BCUT2D eigenvalue weighted by Gasteiger charge is 2.34. The second-order valence-electron chi connectivity index (χ2n) is 5.23. The molecular weight excluding hydrogens is 228 g/mol. The summed E-state index contributed by atoms with van der Waals surface area (Å²) in [6.07, 6.45) is 0.819. The van der Waals surface area contributed by atoms with Gasteiger partial charge >= 0.3 is 0 Å². The quantitative estimate of drug-likeness (QED) is 0.818. The highest BCUT2D eigenvalue weighted by atomic mass is 16.1. The molecule has 3 aliphatic heterocycles. The maximum absolute atomic E-state index is 11.9. The van der Waals surface area contributed by atoms with E-state index in [1.807, 2.05) is 6.92 Å². The molecule has 1 atom stereocenters. The van der Waals surface area contributed by atoms with Gasteiger partial charge < -0.3 is 4.98 Å². The molecule has 5 nitrogen and oxygen atoms in total. The first-order chi connectivity index (χ1) is 8.69. The van der Waals surface area contributed by atoms with Crippen molar-refractivity contribution >= 4 is 0 Å². The standard InChI is InChI=1S/C13H20N4O/c1-3-10-9(2)13(18)15-12(14-10)11-8-16-4-6-17(11)7-5-16/h11H,3-8H2,1-2H3,(H,14,15,18). The van der Waals surface area contributed by atoms with Crippen molar-refractivity contribution in [1.29, 1.82) is 0 Å². The van der Waals surface area contributed by atoms with Crippen molar-refractivity contribution in [3.8, 4) is 0 Å². The first-order valence-corrected chi connectivity index (χ1v) is 6.75. The van der Waals surface area contributed by atoms with Crippen molar-refractivity contribution in [3.63, 3.8) is 0 Å². The van der Waals surface area contributed by atoms with E-state index in [-0.39, 0.29) is 11.6 Å². The van der Waals surface area contributed by atoms with E-state index >= 15 is 0 Å². The number of aryl methyl sites for hydroxylation is 1. The lowest BCUT2D eigenvalue weighted by molar-refractivity contribution is 0.00845. The van der Waals surface area contributed by atoms with E-state index in [4.69, 9.17) is 0 Å². The number of piperazine rings is 3. The molecule has 4 heterocycles. The summed E-state index contributed by atoms with van der Waals surface area (Å²) < 4.78 is 0. The lowest BCUT2D eigenvalue weighted by Gasteiger charge is -2.46. The van der Waals surface area contributed by atoms with Crippen molar-refractivity contribution in [2.24, 2.45) is 0 Å². The number of aromatic nitrogens is 2. The minimum atomic E-state index is 0.0227. The zero-order valence-corrected chi connectivity index (χ0v) is 11.1. The Morgan fingerprint density at radius 1 is 1.33 bits per heavy atom. The van der Waals surface area contributed by atoms with Crippen molar-refractivity contribution < 1.29 is 0 Å². The molecule has 1 aromatic rings. The molecule has 3 aliphatic rings. The van der Waals surface area contributed by atoms with Crippen LogP contribution in [-0.2, 0) is 6.42 Å². The van der Waals surface area contributed by atoms with Gasteiger partial charge in [0.15, 0.2) is 0 Å². The SMILES string of the molecule is CCc1nc(C2CN3CCN2CC3)[nH]c(=O)c1C. The third-order valence-electron chi connectivity index (χ3n) is 4.20. The Bertz CT molecular complexity index is 502. The van der Waals surface area contributed by atoms with E-state index in [0.29, 0.717) is 0 Å². The number of nitrogens with zero attached hydrogens (tertiary/aromatic N) is 3. The van der Waals surface area contributed by atoms with Crippen LogP contribution in [0.15, 0.2) is 4.79 Å². The van der Waals surface area contributed by atoms with Gasteiger partial charge in [0.1, 0.15) is 5.82 Å². The van der Waals surface area contributed by atoms with Gasteiger partial charge in [-0.1, -0.05) is 6.92 Å². The van der Waals surface area contributed by atoms with Gasteiger partial charge in [-0.05, 0) is 13.3 Å². The topological polar surface area (TPSA) is 52.2 Å². The van der Waals surface area contributed by atoms with E-state index in [9.17, 15) is 4.79 Å². The number of aromatic amines is 1. The fourth-order valence-electron chi connectivity index (χ4n) is 2.98. The van der Waals surface area contributed by atoms with Crippen molar-refractivity contribution in [3.05, 3.63) is 27.4 Å². The summed E-state index contributed by atoms with van der Waals surface area (Å²) in [4.78, 5) is 24.5. The van der Waals surface area contributed by atoms with Crippen LogP contribution in [0.2, 0.25) is 0 Å². The molecule has 3 saturated heterocycles. The van der Waals surface area contributed by atoms with Gasteiger partial charge in [-0.2, -0.15) is 0 Å². The van der Waals surface area contributed by atoms with Gasteiger partial charge in [0.25, 0.3) is 5.56 Å². The van der Waals surface area contributed by atoms with Gasteiger partial charge in [-0.3, -0.25) is 14.6 Å². The Kier molecular flexibility index (Phi) is 2.95. The number of hydrogen-bond donors (Lipinski definition) is 1. The molecule has 0 radical (unpaired) electrons. The zero-order chi connectivity index (χ0) is 12.7. The monoisotopic (exact) mass is 248 g/mol. The fraction of sp³-hybridized carbons (Fsp3) is 0.692. The van der Waals surface area contributed by atoms with Gasteiger partial charge in [-0.25, -0.2) is 4.98 Å². The Labute approximate surface area is 107 Å². The second kappa shape index (κ2) is 4.48. The van der Waals surface area contributed by atoms with Gasteiger partial charge in [0.05, 0.1) is 11.7 Å². The predicted octanol–water partition coefficient (Wildman–Crippen LogP) is 0.313. The summed E-state index contributed by atoms with van der Waals surface area (Å²) in [7, 11) is 0. The third kappa shape index (κ3) is 1.87. The van der Waals surface area contributed by atoms with Crippen LogP contribution in [0.3, 0.4) is 0 Å². The molecule has 98 valence electrons. The molecule has 0 saturated carbocycles. The molecule has 1 N–H and O–H groups in total. The molecule has 1 unspecified atom stereocenters. The molecule has 0 aromatic carbocycles. The fourth-order valence-corrected chi connectivity index (χ4v) is 2.98. The molecular formula is C13H20N4O. The molecule has 0 aliphatic carbocycles. The number of hydrogen-bond acceptors (Lipinski definition) is 4. The summed E-state index contributed by atoms with van der Waals surface area (Å²) in [5.74, 6) is 0.854. The largest absolute Gasteiger partial charge is 0.309 e. The van der Waals surface area contributed by atoms with Gasteiger partial charge in [0.2, 0.25) is 0 Å². The highest BCUT2D eigenvalue weighted by molar-refractivity contribution is 5.17. The predicted molar refractivity (Wildman–Crippen MR) is 69.7 cm³/mol. The van der Waals surface area contributed by atoms with E-state index < -0.39 is 0 Å². The number of nitrogens with one attached hydrogen (secondary N) is 1. The van der Waals surface area contributed by atoms with E-state index in [2.05, 4.69) is 26.7 Å². The molecule has 4 rings (SSSR count). The highest BCUT2D eigenvalue weighted by Crippen LogP contribution is 2.26. The van der Waals surface area contributed by atoms with Gasteiger partial charge in [0, 0.05) is 38.3 Å². The first kappa shape index (κ1) is 11.9. The Morgan fingerprint density at radius 3 is 2.61 bits per heavy atom. The second-order valence-corrected chi connectivity index (χ2v) is 5.23. The normalized spacial score (nSPS) is 30.7. The van der Waals surface area contributed by atoms with Crippen LogP contribution in [0.5, 0.6) is 0 Å². The van der Waals surface area contributed by atoms with Crippen LogP contribution in [0.1, 0.15) is 30.0 Å². The van der Waals surface area contributed by atoms with Crippen LogP contribution in [0.4, 0.5) is 0 Å². The summed E-state index contributed by atoms with van der Waals surface area (Å²) >= 11 is 0. The number of H-pyrrole nitrogens is 1. The summed E-state index contributed by atoms with van der Waals surface area (Å²) in [5, 5.41) is 0. The van der Waals surface area contributed by atoms with Crippen LogP contribution < -0.4 is 5.56 Å². The lowest BCUT2D eigenvalue weighted by atomic mass is 10.1. The Morgan fingerprint density at radius 2 is 2.06 bits per heavy atom. The molecule has 18 heavy (non-hydrogen) atoms. The van der Waals surface area contributed by atoms with E-state index in [1.54, 1.807) is 0 Å². The maximum atomic E-state index is 11.9. The average molecular weight is 248 g/mol. The third-order valence-corrected chi connectivity index (χ3v) is 4.20. The van der Waals surface area contributed by atoms with Gasteiger partial charge in [-0.15, -0.1) is 0 Å². The van der Waals surface area contributed by atoms with Crippen LogP contribution in [0, 0.1) is 6.92 Å². The molecule has 5 heteroatoms. The Balaban J connectivity index is 1.97. The molecule has 0 amide bonds. The lowest BCUT2D eigenvalue weighted by Crippen LogP contribution is -2.57. The molecule has 3 fully saturated rings. The van der Waals surface area contributed by atoms with Crippen LogP contribution in [0.25, 0.3) is 0 Å².